The Kier molecular flexibility index (Phi) is 8.00. The molecule has 0 aliphatic carbocycles. The molecule has 0 saturated heterocycles. The molecule has 2 N–H and O–H groups in total. The van der Waals surface area contributed by atoms with Crippen molar-refractivity contribution in [2.75, 3.05) is 17.7 Å². The molecular weight excluding hydrogens is 366 g/mol. The smallest absolute Gasteiger partial charge is 0.412 e. The minimum Gasteiger partial charge on any atom is -0.508 e. The highest BCUT2D eigenvalue weighted by Gasteiger charge is 2.24. The van der Waals surface area contributed by atoms with Gasteiger partial charge < -0.3 is 14.6 Å². The van der Waals surface area contributed by atoms with Crippen molar-refractivity contribution in [1.29, 1.82) is 0 Å². The lowest BCUT2D eigenvalue weighted by Gasteiger charge is -2.25. The monoisotopic (exact) mass is 389 g/mol. The van der Waals surface area contributed by atoms with Gasteiger partial charge in [-0.1, -0.05) is 37.3 Å². The van der Waals surface area contributed by atoms with E-state index in [1.54, 1.807) is 24.3 Å². The number of thiol groups is 1. The van der Waals surface area contributed by atoms with Gasteiger partial charge in [0.25, 0.3) is 0 Å². The van der Waals surface area contributed by atoms with E-state index < -0.39 is 18.2 Å². The highest BCUT2D eigenvalue weighted by molar-refractivity contribution is 7.81. The van der Waals surface area contributed by atoms with Gasteiger partial charge in [-0.05, 0) is 36.2 Å². The molecule has 27 heavy (non-hydrogen) atoms. The number of rotatable bonds is 8. The maximum absolute atomic E-state index is 12.3. The summed E-state index contributed by atoms with van der Waals surface area (Å²) in [5.41, 5.74) is 1.37. The summed E-state index contributed by atoms with van der Waals surface area (Å²) in [6.07, 6.45) is -0.647. The van der Waals surface area contributed by atoms with Crippen LogP contribution in [0.1, 0.15) is 25.0 Å². The maximum atomic E-state index is 12.3. The van der Waals surface area contributed by atoms with Gasteiger partial charge in [-0.3, -0.25) is 10.1 Å². The summed E-state index contributed by atoms with van der Waals surface area (Å²) in [5.74, 6) is -0.369. The van der Waals surface area contributed by atoms with Crippen LogP contribution in [0.25, 0.3) is 0 Å². The lowest BCUT2D eigenvalue weighted by Crippen LogP contribution is -2.23. The van der Waals surface area contributed by atoms with E-state index >= 15 is 0 Å². The Labute approximate surface area is 163 Å². The molecule has 2 aromatic carbocycles. The van der Waals surface area contributed by atoms with E-state index in [1.807, 2.05) is 25.1 Å². The van der Waals surface area contributed by atoms with Crippen LogP contribution in [-0.4, -0.2) is 29.5 Å². The van der Waals surface area contributed by atoms with Gasteiger partial charge in [0.15, 0.2) is 0 Å². The van der Waals surface area contributed by atoms with Crippen LogP contribution >= 0.6 is 12.6 Å². The molecule has 7 heteroatoms. The largest absolute Gasteiger partial charge is 0.508 e. The summed E-state index contributed by atoms with van der Waals surface area (Å²) in [6, 6.07) is 15.5. The first-order chi connectivity index (χ1) is 13.0. The van der Waals surface area contributed by atoms with E-state index in [2.05, 4.69) is 17.9 Å². The molecule has 1 amide bonds. The van der Waals surface area contributed by atoms with Crippen LogP contribution in [0.2, 0.25) is 0 Å². The number of esters is 1. The van der Waals surface area contributed by atoms with Crippen molar-refractivity contribution in [3.05, 3.63) is 60.2 Å². The van der Waals surface area contributed by atoms with Crippen LogP contribution in [0.5, 0.6) is 5.75 Å². The van der Waals surface area contributed by atoms with Crippen molar-refractivity contribution < 1.29 is 24.2 Å². The standard InChI is InChI=1S/C20H23NO5S/c1-14(11-12-25-18(23)13-27)19(15-7-9-17(22)10-8-15)26-20(24)21-16-5-3-2-4-6-16/h2-10,14,19,22,27H,11-13H2,1H3,(H,21,24)/t14-,19-/m0/s1. The highest BCUT2D eigenvalue weighted by Crippen LogP contribution is 2.30. The van der Waals surface area contributed by atoms with Crippen molar-refractivity contribution in [3.63, 3.8) is 0 Å². The van der Waals surface area contributed by atoms with Gasteiger partial charge in [0.2, 0.25) is 0 Å². The Morgan fingerprint density at radius 1 is 1.11 bits per heavy atom. The number of carbonyl (C=O) groups excluding carboxylic acids is 2. The van der Waals surface area contributed by atoms with E-state index in [4.69, 9.17) is 9.47 Å². The third-order valence-corrected chi connectivity index (χ3v) is 4.22. The molecule has 0 aliphatic rings. The molecule has 6 nitrogen and oxygen atoms in total. The molecule has 0 radical (unpaired) electrons. The minimum atomic E-state index is -0.585. The summed E-state index contributed by atoms with van der Waals surface area (Å²) < 4.78 is 10.7. The first-order valence-electron chi connectivity index (χ1n) is 8.57. The molecule has 0 aliphatic heterocycles. The second kappa shape index (κ2) is 10.5. The molecule has 0 spiro atoms. The zero-order valence-electron chi connectivity index (χ0n) is 15.0. The number of hydrogen-bond acceptors (Lipinski definition) is 6. The topological polar surface area (TPSA) is 84.9 Å². The first-order valence-corrected chi connectivity index (χ1v) is 9.21. The molecule has 0 unspecified atom stereocenters. The summed E-state index contributed by atoms with van der Waals surface area (Å²) >= 11 is 3.86. The molecular formula is C20H23NO5S. The SMILES string of the molecule is C[C@@H](CCOC(=O)CS)[C@H](OC(=O)Nc1ccccc1)c1ccc(O)cc1. The van der Waals surface area contributed by atoms with Crippen molar-refractivity contribution in [3.8, 4) is 5.75 Å². The van der Waals surface area contributed by atoms with Gasteiger partial charge in [-0.2, -0.15) is 12.6 Å². The Balaban J connectivity index is 2.05. The number of hydrogen-bond donors (Lipinski definition) is 3. The molecule has 0 aromatic heterocycles. The van der Waals surface area contributed by atoms with Crippen molar-refractivity contribution in [2.45, 2.75) is 19.4 Å². The van der Waals surface area contributed by atoms with Gasteiger partial charge in [-0.25, -0.2) is 4.79 Å². The fraction of sp³-hybridized carbons (Fsp3) is 0.300. The predicted octanol–water partition coefficient (Wildman–Crippen LogP) is 4.18. The molecule has 2 atom stereocenters. The van der Waals surface area contributed by atoms with Gasteiger partial charge in [-0.15, -0.1) is 0 Å². The second-order valence-electron chi connectivity index (χ2n) is 6.05. The van der Waals surface area contributed by atoms with Crippen molar-refractivity contribution in [2.24, 2.45) is 5.92 Å². The normalized spacial score (nSPS) is 12.7. The predicted molar refractivity (Wildman–Crippen MR) is 106 cm³/mol. The Morgan fingerprint density at radius 2 is 1.78 bits per heavy atom. The van der Waals surface area contributed by atoms with Crippen molar-refractivity contribution in [1.82, 2.24) is 0 Å². The third kappa shape index (κ3) is 6.86. The number of para-hydroxylation sites is 1. The molecule has 0 heterocycles. The summed E-state index contributed by atoms with van der Waals surface area (Å²) in [4.78, 5) is 23.5. The van der Waals surface area contributed by atoms with E-state index in [-0.39, 0.29) is 24.0 Å². The lowest BCUT2D eigenvalue weighted by atomic mass is 9.94. The van der Waals surface area contributed by atoms with Gasteiger partial charge in [0, 0.05) is 11.6 Å². The van der Waals surface area contributed by atoms with Crippen LogP contribution < -0.4 is 5.32 Å². The van der Waals surface area contributed by atoms with Crippen LogP contribution in [0, 0.1) is 5.92 Å². The zero-order chi connectivity index (χ0) is 19.6. The minimum absolute atomic E-state index is 0.0196. The number of ether oxygens (including phenoxy) is 2. The first kappa shape index (κ1) is 20.6. The number of phenols is 1. The quantitative estimate of drug-likeness (QED) is 0.466. The molecule has 2 rings (SSSR count). The maximum Gasteiger partial charge on any atom is 0.412 e. The second-order valence-corrected chi connectivity index (χ2v) is 6.37. The number of amides is 1. The van der Waals surface area contributed by atoms with Gasteiger partial charge >= 0.3 is 12.1 Å². The highest BCUT2D eigenvalue weighted by atomic mass is 32.1. The molecule has 144 valence electrons. The number of nitrogens with one attached hydrogen (secondary N) is 1. The fourth-order valence-electron chi connectivity index (χ4n) is 2.52. The Bertz CT molecular complexity index is 736. The third-order valence-electron chi connectivity index (χ3n) is 3.96. The van der Waals surface area contributed by atoms with Crippen LogP contribution in [0.3, 0.4) is 0 Å². The Hall–Kier alpha value is -2.67. The number of carbonyl (C=O) groups is 2. The van der Waals surface area contributed by atoms with Gasteiger partial charge in [0.05, 0.1) is 12.4 Å². The van der Waals surface area contributed by atoms with E-state index in [0.717, 1.165) is 5.56 Å². The summed E-state index contributed by atoms with van der Waals surface area (Å²) in [5, 5.41) is 12.2. The summed E-state index contributed by atoms with van der Waals surface area (Å²) in [6.45, 7) is 2.11. The van der Waals surface area contributed by atoms with E-state index in [1.165, 1.54) is 12.1 Å². The lowest BCUT2D eigenvalue weighted by molar-refractivity contribution is -0.141. The van der Waals surface area contributed by atoms with Crippen molar-refractivity contribution >= 4 is 30.4 Å². The van der Waals surface area contributed by atoms with Crippen LogP contribution in [0.4, 0.5) is 10.5 Å². The average molecular weight is 389 g/mol. The van der Waals surface area contributed by atoms with Crippen LogP contribution in [-0.2, 0) is 14.3 Å². The number of aromatic hydroxyl groups is 1. The van der Waals surface area contributed by atoms with E-state index in [9.17, 15) is 14.7 Å². The molecule has 0 fully saturated rings. The molecule has 0 bridgehead atoms. The van der Waals surface area contributed by atoms with Crippen LogP contribution in [0.15, 0.2) is 54.6 Å². The Morgan fingerprint density at radius 3 is 2.41 bits per heavy atom. The number of anilines is 1. The zero-order valence-corrected chi connectivity index (χ0v) is 15.9. The number of phenolic OH excluding ortho intramolecular Hbond substituents is 1. The average Bonchev–Trinajstić information content (AvgIpc) is 2.67. The molecule has 0 saturated carbocycles. The fourth-order valence-corrected chi connectivity index (χ4v) is 2.61. The summed E-state index contributed by atoms with van der Waals surface area (Å²) in [7, 11) is 0. The van der Waals surface area contributed by atoms with Gasteiger partial charge in [0.1, 0.15) is 11.9 Å². The van der Waals surface area contributed by atoms with E-state index in [0.29, 0.717) is 12.1 Å². The number of benzene rings is 2. The molecule has 2 aromatic rings.